The third kappa shape index (κ3) is 3.34. The Morgan fingerprint density at radius 2 is 2.13 bits per heavy atom. The molecule has 1 aliphatic rings. The third-order valence-electron chi connectivity index (χ3n) is 5.84. The molecule has 0 fully saturated rings. The van der Waals surface area contributed by atoms with Crippen LogP contribution in [0.3, 0.4) is 0 Å². The van der Waals surface area contributed by atoms with Gasteiger partial charge in [0.25, 0.3) is 0 Å². The molecule has 3 heterocycles. The lowest BCUT2D eigenvalue weighted by Crippen LogP contribution is -2.28. The first-order valence-corrected chi connectivity index (χ1v) is 10.5. The fourth-order valence-corrected chi connectivity index (χ4v) is 4.41. The van der Waals surface area contributed by atoms with E-state index in [9.17, 15) is 4.39 Å². The molecule has 1 aromatic carbocycles. The van der Waals surface area contributed by atoms with Gasteiger partial charge in [-0.05, 0) is 73.6 Å². The fourth-order valence-electron chi connectivity index (χ4n) is 4.41. The fraction of sp³-hybridized carbons (Fsp3) is 0.348. The first-order chi connectivity index (χ1) is 14.6. The van der Waals surface area contributed by atoms with Crippen LogP contribution < -0.4 is 5.32 Å². The molecule has 0 spiro atoms. The predicted molar refractivity (Wildman–Crippen MR) is 115 cm³/mol. The summed E-state index contributed by atoms with van der Waals surface area (Å²) in [6.45, 7) is 5.07. The van der Waals surface area contributed by atoms with Crippen molar-refractivity contribution in [3.8, 4) is 11.1 Å². The predicted octanol–water partition coefficient (Wildman–Crippen LogP) is 4.42. The molecule has 0 saturated carbocycles. The lowest BCUT2D eigenvalue weighted by molar-refractivity contribution is 0.531. The Balaban J connectivity index is 1.41. The molecule has 3 aromatic heterocycles. The van der Waals surface area contributed by atoms with Gasteiger partial charge >= 0.3 is 0 Å². The third-order valence-corrected chi connectivity index (χ3v) is 5.84. The van der Waals surface area contributed by atoms with E-state index in [1.54, 1.807) is 16.6 Å². The summed E-state index contributed by atoms with van der Waals surface area (Å²) in [4.78, 5) is 4.76. The van der Waals surface area contributed by atoms with Crippen LogP contribution in [-0.2, 0) is 19.4 Å². The minimum absolute atomic E-state index is 0.231. The summed E-state index contributed by atoms with van der Waals surface area (Å²) in [5.41, 5.74) is 6.24. The quantitative estimate of drug-likeness (QED) is 0.535. The summed E-state index contributed by atoms with van der Waals surface area (Å²) in [6.07, 6.45) is 7.96. The first kappa shape index (κ1) is 18.8. The Morgan fingerprint density at radius 3 is 2.97 bits per heavy atom. The number of halogens is 1. The van der Waals surface area contributed by atoms with Crippen molar-refractivity contribution in [2.45, 2.75) is 52.1 Å². The number of nitrogens with zero attached hydrogens (tertiary/aromatic N) is 5. The molecule has 7 heteroatoms. The second-order valence-corrected chi connectivity index (χ2v) is 8.01. The number of hydrogen-bond donors (Lipinski definition) is 1. The highest BCUT2D eigenvalue weighted by Gasteiger charge is 2.23. The smallest absolute Gasteiger partial charge is 0.243 e. The maximum atomic E-state index is 13.5. The average Bonchev–Trinajstić information content (AvgIpc) is 3.32. The van der Waals surface area contributed by atoms with Crippen molar-refractivity contribution in [2.24, 2.45) is 0 Å². The summed E-state index contributed by atoms with van der Waals surface area (Å²) in [6, 6.07) is 9.07. The van der Waals surface area contributed by atoms with Crippen LogP contribution in [0.1, 0.15) is 36.6 Å². The van der Waals surface area contributed by atoms with Crippen LogP contribution in [0.4, 0.5) is 10.3 Å². The van der Waals surface area contributed by atoms with E-state index in [2.05, 4.69) is 27.1 Å². The number of hydrogen-bond acceptors (Lipinski definition) is 4. The van der Waals surface area contributed by atoms with Crippen LogP contribution in [0, 0.1) is 12.7 Å². The molecule has 0 amide bonds. The minimum Gasteiger partial charge on any atom is -0.350 e. The molecule has 0 saturated heterocycles. The van der Waals surface area contributed by atoms with Gasteiger partial charge in [-0.25, -0.2) is 8.91 Å². The van der Waals surface area contributed by atoms with Crippen molar-refractivity contribution in [1.29, 1.82) is 0 Å². The number of fused-ring (bicyclic) bond motifs is 2. The molecular weight excluding hydrogens is 379 g/mol. The van der Waals surface area contributed by atoms with Crippen molar-refractivity contribution >= 4 is 11.6 Å². The maximum absolute atomic E-state index is 13.5. The number of nitrogens with one attached hydrogen (secondary N) is 1. The van der Waals surface area contributed by atoms with Gasteiger partial charge in [0.2, 0.25) is 5.95 Å². The highest BCUT2D eigenvalue weighted by Crippen LogP contribution is 2.28. The molecule has 4 aromatic rings. The largest absolute Gasteiger partial charge is 0.350 e. The number of aryl methyl sites for hydroxylation is 2. The Morgan fingerprint density at radius 1 is 1.23 bits per heavy atom. The molecule has 5 rings (SSSR count). The molecule has 0 aliphatic heterocycles. The normalized spacial score (nSPS) is 16.0. The summed E-state index contributed by atoms with van der Waals surface area (Å²) in [5, 5.41) is 12.7. The van der Waals surface area contributed by atoms with E-state index < -0.39 is 0 Å². The Labute approximate surface area is 174 Å². The van der Waals surface area contributed by atoms with E-state index in [4.69, 9.17) is 4.98 Å². The van der Waals surface area contributed by atoms with Gasteiger partial charge in [-0.15, -0.1) is 5.10 Å². The molecule has 1 N–H and O–H groups in total. The van der Waals surface area contributed by atoms with Crippen LogP contribution in [0.25, 0.3) is 16.8 Å². The van der Waals surface area contributed by atoms with Crippen molar-refractivity contribution in [1.82, 2.24) is 24.4 Å². The van der Waals surface area contributed by atoms with E-state index in [0.717, 1.165) is 54.6 Å². The van der Waals surface area contributed by atoms with Crippen LogP contribution in [0.2, 0.25) is 0 Å². The number of benzene rings is 1. The highest BCUT2D eigenvalue weighted by molar-refractivity contribution is 5.79. The van der Waals surface area contributed by atoms with Gasteiger partial charge in [0, 0.05) is 30.0 Å². The lowest BCUT2D eigenvalue weighted by Gasteiger charge is -2.23. The van der Waals surface area contributed by atoms with Gasteiger partial charge in [0.1, 0.15) is 5.82 Å². The van der Waals surface area contributed by atoms with E-state index >= 15 is 0 Å². The lowest BCUT2D eigenvalue weighted by atomic mass is 9.93. The zero-order valence-electron chi connectivity index (χ0n) is 17.3. The van der Waals surface area contributed by atoms with Crippen molar-refractivity contribution in [3.63, 3.8) is 0 Å². The van der Waals surface area contributed by atoms with Crippen LogP contribution in [0.5, 0.6) is 0 Å². The standard InChI is InChI=1S/C23H25FN6/c1-3-10-29-21-9-7-18(13-16(21)14-25-29)26-23-27-22-20(5-4-11-30(22)28-23)19-8-6-17(24)12-15(19)2/h4-6,8,11-12,14,18H,3,7,9-10,13H2,1-2H3,(H,26,28). The van der Waals surface area contributed by atoms with Gasteiger partial charge in [0.15, 0.2) is 5.65 Å². The molecule has 0 bridgehead atoms. The van der Waals surface area contributed by atoms with Gasteiger partial charge in [0.05, 0.1) is 6.20 Å². The van der Waals surface area contributed by atoms with Crippen LogP contribution in [0.15, 0.2) is 42.7 Å². The van der Waals surface area contributed by atoms with Gasteiger partial charge in [-0.3, -0.25) is 4.68 Å². The summed E-state index contributed by atoms with van der Waals surface area (Å²) >= 11 is 0. The van der Waals surface area contributed by atoms with Crippen molar-refractivity contribution in [3.05, 3.63) is 65.4 Å². The van der Waals surface area contributed by atoms with Crippen LogP contribution in [-0.4, -0.2) is 30.4 Å². The molecule has 154 valence electrons. The number of rotatable bonds is 5. The van der Waals surface area contributed by atoms with E-state index in [-0.39, 0.29) is 11.9 Å². The van der Waals surface area contributed by atoms with Crippen molar-refractivity contribution in [2.75, 3.05) is 5.32 Å². The summed E-state index contributed by atoms with van der Waals surface area (Å²) in [7, 11) is 0. The molecule has 30 heavy (non-hydrogen) atoms. The summed E-state index contributed by atoms with van der Waals surface area (Å²) < 4.78 is 17.5. The number of aromatic nitrogens is 5. The number of anilines is 1. The Kier molecular flexibility index (Phi) is 4.73. The highest BCUT2D eigenvalue weighted by atomic mass is 19.1. The molecule has 6 nitrogen and oxygen atoms in total. The zero-order valence-corrected chi connectivity index (χ0v) is 17.3. The van der Waals surface area contributed by atoms with Gasteiger partial charge < -0.3 is 5.32 Å². The zero-order chi connectivity index (χ0) is 20.7. The minimum atomic E-state index is -0.231. The average molecular weight is 404 g/mol. The molecule has 0 radical (unpaired) electrons. The monoisotopic (exact) mass is 404 g/mol. The molecule has 1 atom stereocenters. The van der Waals surface area contributed by atoms with Crippen molar-refractivity contribution < 1.29 is 4.39 Å². The number of pyridine rings is 1. The SMILES string of the molecule is CCCn1ncc2c1CCC(Nc1nc3c(-c4ccc(F)cc4C)cccn3n1)C2. The first-order valence-electron chi connectivity index (χ1n) is 10.5. The topological polar surface area (TPSA) is 60.0 Å². The maximum Gasteiger partial charge on any atom is 0.243 e. The molecule has 1 aliphatic carbocycles. The van der Waals surface area contributed by atoms with E-state index in [1.165, 1.54) is 17.3 Å². The van der Waals surface area contributed by atoms with Gasteiger partial charge in [-0.2, -0.15) is 10.1 Å². The molecular formula is C23H25FN6. The Hall–Kier alpha value is -3.22. The van der Waals surface area contributed by atoms with E-state index in [1.807, 2.05) is 31.5 Å². The molecule has 1 unspecified atom stereocenters. The summed E-state index contributed by atoms with van der Waals surface area (Å²) in [5.74, 6) is 0.391. The van der Waals surface area contributed by atoms with E-state index in [0.29, 0.717) is 5.95 Å². The second-order valence-electron chi connectivity index (χ2n) is 8.01. The van der Waals surface area contributed by atoms with Crippen LogP contribution >= 0.6 is 0 Å². The second kappa shape index (κ2) is 7.55. The van der Waals surface area contributed by atoms with Gasteiger partial charge in [-0.1, -0.05) is 13.0 Å². The Bertz CT molecular complexity index is 1210.